The minimum Gasteiger partial charge on any atom is -0.313 e. The summed E-state index contributed by atoms with van der Waals surface area (Å²) in [4.78, 5) is 2.61. The van der Waals surface area contributed by atoms with Gasteiger partial charge in [0.05, 0.1) is 0 Å². The second-order valence-electron chi connectivity index (χ2n) is 6.08. The molecule has 0 aliphatic heterocycles. The van der Waals surface area contributed by atoms with Crippen LogP contribution >= 0.6 is 0 Å². The summed E-state index contributed by atoms with van der Waals surface area (Å²) in [6.07, 6.45) is 9.59. The molecule has 1 N–H and O–H groups in total. The normalized spacial score (nSPS) is 26.5. The maximum atomic E-state index is 3.67. The highest BCUT2D eigenvalue weighted by atomic mass is 15.2. The van der Waals surface area contributed by atoms with E-state index in [4.69, 9.17) is 0 Å². The van der Waals surface area contributed by atoms with Crippen molar-refractivity contribution in [1.82, 2.24) is 10.2 Å². The van der Waals surface area contributed by atoms with E-state index < -0.39 is 0 Å². The molecule has 1 atom stereocenters. The highest BCUT2D eigenvalue weighted by Crippen LogP contribution is 2.28. The van der Waals surface area contributed by atoms with Crippen LogP contribution in [0.4, 0.5) is 0 Å². The first-order valence-corrected chi connectivity index (χ1v) is 8.14. The molecule has 0 bridgehead atoms. The van der Waals surface area contributed by atoms with Gasteiger partial charge in [0.25, 0.3) is 0 Å². The lowest BCUT2D eigenvalue weighted by molar-refractivity contribution is 0.149. The van der Waals surface area contributed by atoms with Gasteiger partial charge in [0.15, 0.2) is 0 Å². The van der Waals surface area contributed by atoms with Crippen molar-refractivity contribution >= 4 is 0 Å². The number of rotatable bonds is 8. The molecular weight excluding hydrogens is 220 g/mol. The van der Waals surface area contributed by atoms with Crippen molar-refractivity contribution in [2.24, 2.45) is 5.92 Å². The molecule has 1 saturated carbocycles. The van der Waals surface area contributed by atoms with E-state index in [0.29, 0.717) is 6.04 Å². The molecule has 1 fully saturated rings. The van der Waals surface area contributed by atoms with E-state index >= 15 is 0 Å². The fourth-order valence-electron chi connectivity index (χ4n) is 3.18. The summed E-state index contributed by atoms with van der Waals surface area (Å²) in [6.45, 7) is 9.27. The second kappa shape index (κ2) is 8.92. The molecule has 0 saturated heterocycles. The lowest BCUT2D eigenvalue weighted by atomic mass is 9.84. The Bertz CT molecular complexity index is 197. The van der Waals surface area contributed by atoms with Gasteiger partial charge in [-0.2, -0.15) is 0 Å². The molecule has 0 aromatic rings. The first kappa shape index (κ1) is 16.0. The maximum Gasteiger partial charge on any atom is 0.0192 e. The van der Waals surface area contributed by atoms with E-state index in [0.717, 1.165) is 18.5 Å². The average Bonchev–Trinajstić information content (AvgIpc) is 2.43. The molecule has 2 nitrogen and oxygen atoms in total. The van der Waals surface area contributed by atoms with E-state index in [1.54, 1.807) is 0 Å². The Morgan fingerprint density at radius 1 is 1.11 bits per heavy atom. The van der Waals surface area contributed by atoms with Gasteiger partial charge in [-0.1, -0.05) is 27.2 Å². The van der Waals surface area contributed by atoms with Crippen molar-refractivity contribution in [1.29, 1.82) is 0 Å². The molecule has 108 valence electrons. The Kier molecular flexibility index (Phi) is 7.92. The minimum atomic E-state index is 0.679. The highest BCUT2D eigenvalue weighted by Gasteiger charge is 2.24. The lowest BCUT2D eigenvalue weighted by Crippen LogP contribution is -2.44. The summed E-state index contributed by atoms with van der Waals surface area (Å²) in [7, 11) is 2.33. The van der Waals surface area contributed by atoms with Crippen LogP contribution in [0.1, 0.15) is 65.7 Å². The first-order chi connectivity index (χ1) is 8.71. The van der Waals surface area contributed by atoms with Gasteiger partial charge >= 0.3 is 0 Å². The zero-order chi connectivity index (χ0) is 13.4. The van der Waals surface area contributed by atoms with E-state index in [9.17, 15) is 0 Å². The molecule has 1 rings (SSSR count). The smallest absolute Gasteiger partial charge is 0.0192 e. The zero-order valence-corrected chi connectivity index (χ0v) is 13.0. The monoisotopic (exact) mass is 254 g/mol. The van der Waals surface area contributed by atoms with Crippen LogP contribution in [0.25, 0.3) is 0 Å². The molecule has 0 aromatic carbocycles. The van der Waals surface area contributed by atoms with Crippen molar-refractivity contribution in [3.8, 4) is 0 Å². The van der Waals surface area contributed by atoms with Gasteiger partial charge in [-0.05, 0) is 58.0 Å². The van der Waals surface area contributed by atoms with Crippen LogP contribution in [0.15, 0.2) is 0 Å². The van der Waals surface area contributed by atoms with Crippen molar-refractivity contribution in [3.05, 3.63) is 0 Å². The molecule has 0 radical (unpaired) electrons. The zero-order valence-electron chi connectivity index (χ0n) is 13.0. The minimum absolute atomic E-state index is 0.679. The standard InChI is InChI=1S/C16H34N2/c1-5-12-17-15(7-3)13-18(4)16-10-8-14(6-2)9-11-16/h14-17H,5-13H2,1-4H3. The van der Waals surface area contributed by atoms with Gasteiger partial charge in [0.1, 0.15) is 0 Å². The Balaban J connectivity index is 2.28. The maximum absolute atomic E-state index is 3.67. The predicted molar refractivity (Wildman–Crippen MR) is 81.0 cm³/mol. The topological polar surface area (TPSA) is 15.3 Å². The average molecular weight is 254 g/mol. The number of nitrogens with one attached hydrogen (secondary N) is 1. The van der Waals surface area contributed by atoms with Gasteiger partial charge in [-0.15, -0.1) is 0 Å². The third-order valence-electron chi connectivity index (χ3n) is 4.70. The predicted octanol–water partition coefficient (Wildman–Crippen LogP) is 3.67. The van der Waals surface area contributed by atoms with Crippen molar-refractivity contribution in [2.45, 2.75) is 77.8 Å². The number of hydrogen-bond donors (Lipinski definition) is 1. The van der Waals surface area contributed by atoms with Crippen LogP contribution in [0.2, 0.25) is 0 Å². The summed E-state index contributed by atoms with van der Waals surface area (Å²) >= 11 is 0. The molecule has 2 heteroatoms. The van der Waals surface area contributed by atoms with E-state index in [-0.39, 0.29) is 0 Å². The van der Waals surface area contributed by atoms with Gasteiger partial charge in [-0.25, -0.2) is 0 Å². The Morgan fingerprint density at radius 2 is 1.78 bits per heavy atom. The van der Waals surface area contributed by atoms with E-state index in [1.807, 2.05) is 0 Å². The summed E-state index contributed by atoms with van der Waals surface area (Å²) in [6, 6.07) is 1.52. The van der Waals surface area contributed by atoms with Crippen molar-refractivity contribution in [3.63, 3.8) is 0 Å². The Labute approximate surface area is 115 Å². The largest absolute Gasteiger partial charge is 0.313 e. The second-order valence-corrected chi connectivity index (χ2v) is 6.08. The SMILES string of the molecule is CCCNC(CC)CN(C)C1CCC(CC)CC1. The fourth-order valence-corrected chi connectivity index (χ4v) is 3.18. The molecule has 1 aliphatic carbocycles. The van der Waals surface area contributed by atoms with Gasteiger partial charge in [-0.3, -0.25) is 0 Å². The Hall–Kier alpha value is -0.0800. The third-order valence-corrected chi connectivity index (χ3v) is 4.70. The molecule has 1 unspecified atom stereocenters. The van der Waals surface area contributed by atoms with Gasteiger partial charge in [0, 0.05) is 18.6 Å². The van der Waals surface area contributed by atoms with Crippen LogP contribution in [-0.4, -0.2) is 37.1 Å². The Morgan fingerprint density at radius 3 is 2.28 bits per heavy atom. The lowest BCUT2D eigenvalue weighted by Gasteiger charge is -2.36. The molecule has 0 heterocycles. The van der Waals surface area contributed by atoms with Crippen LogP contribution in [0, 0.1) is 5.92 Å². The quantitative estimate of drug-likeness (QED) is 0.711. The summed E-state index contributed by atoms with van der Waals surface area (Å²) in [5, 5.41) is 3.67. The molecular formula is C16H34N2. The fraction of sp³-hybridized carbons (Fsp3) is 1.00. The summed E-state index contributed by atoms with van der Waals surface area (Å²) in [5.41, 5.74) is 0. The van der Waals surface area contributed by atoms with Gasteiger partial charge in [0.2, 0.25) is 0 Å². The number of nitrogens with zero attached hydrogens (tertiary/aromatic N) is 1. The third kappa shape index (κ3) is 5.27. The first-order valence-electron chi connectivity index (χ1n) is 8.14. The summed E-state index contributed by atoms with van der Waals surface area (Å²) < 4.78 is 0. The van der Waals surface area contributed by atoms with Crippen LogP contribution in [-0.2, 0) is 0 Å². The van der Waals surface area contributed by atoms with Gasteiger partial charge < -0.3 is 10.2 Å². The van der Waals surface area contributed by atoms with Crippen LogP contribution < -0.4 is 5.32 Å². The van der Waals surface area contributed by atoms with Crippen molar-refractivity contribution in [2.75, 3.05) is 20.1 Å². The molecule has 18 heavy (non-hydrogen) atoms. The van der Waals surface area contributed by atoms with Crippen LogP contribution in [0.3, 0.4) is 0 Å². The highest BCUT2D eigenvalue weighted by molar-refractivity contribution is 4.80. The summed E-state index contributed by atoms with van der Waals surface area (Å²) in [5.74, 6) is 1.01. The molecule has 1 aliphatic rings. The van der Waals surface area contributed by atoms with Crippen molar-refractivity contribution < 1.29 is 0 Å². The molecule has 0 aromatic heterocycles. The van der Waals surface area contributed by atoms with E-state index in [1.165, 1.54) is 51.5 Å². The van der Waals surface area contributed by atoms with Crippen LogP contribution in [0.5, 0.6) is 0 Å². The molecule has 0 spiro atoms. The molecule has 0 amide bonds. The number of hydrogen-bond acceptors (Lipinski definition) is 2. The van der Waals surface area contributed by atoms with E-state index in [2.05, 4.69) is 38.0 Å². The number of likely N-dealkylation sites (N-methyl/N-ethyl adjacent to an activating group) is 1.